The van der Waals surface area contributed by atoms with Gasteiger partial charge in [0.25, 0.3) is 5.56 Å². The molecule has 1 N–H and O–H groups in total. The Morgan fingerprint density at radius 1 is 1.22 bits per heavy atom. The fourth-order valence-corrected chi connectivity index (χ4v) is 4.33. The van der Waals surface area contributed by atoms with Crippen LogP contribution >= 0.6 is 23.1 Å². The maximum atomic E-state index is 12.6. The maximum Gasteiger partial charge on any atom is 0.316 e. The standard InChI is InChI=1S/C20H22N2O3S2/c1-11(2)13-5-7-14(8-6-13)15-9-26-19-17(15)18(24)21-20(22-19)27-10-16(23)25-12(3)4/h5-9,11-12H,10H2,1-4H3,(H,21,22,24). The van der Waals surface area contributed by atoms with Crippen LogP contribution in [0, 0.1) is 0 Å². The highest BCUT2D eigenvalue weighted by Gasteiger charge is 2.15. The van der Waals surface area contributed by atoms with Crippen LogP contribution in [-0.4, -0.2) is 27.8 Å². The number of aromatic amines is 1. The second kappa shape index (κ2) is 8.27. The zero-order chi connectivity index (χ0) is 19.6. The van der Waals surface area contributed by atoms with E-state index in [2.05, 4.69) is 35.9 Å². The molecule has 0 radical (unpaired) electrons. The average Bonchev–Trinajstić information content (AvgIpc) is 3.04. The molecule has 0 bridgehead atoms. The summed E-state index contributed by atoms with van der Waals surface area (Å²) in [5.41, 5.74) is 2.95. The van der Waals surface area contributed by atoms with Crippen LogP contribution in [0.15, 0.2) is 39.6 Å². The number of H-pyrrole nitrogens is 1. The Balaban J connectivity index is 1.86. The summed E-state index contributed by atoms with van der Waals surface area (Å²) in [4.78, 5) is 32.3. The molecule has 3 aromatic rings. The summed E-state index contributed by atoms with van der Waals surface area (Å²) in [7, 11) is 0. The predicted molar refractivity (Wildman–Crippen MR) is 112 cm³/mol. The summed E-state index contributed by atoms with van der Waals surface area (Å²) in [5, 5.41) is 2.97. The third kappa shape index (κ3) is 4.59. The van der Waals surface area contributed by atoms with Gasteiger partial charge in [-0.1, -0.05) is 49.9 Å². The highest BCUT2D eigenvalue weighted by atomic mass is 32.2. The number of aromatic nitrogens is 2. The molecule has 3 rings (SSSR count). The van der Waals surface area contributed by atoms with Gasteiger partial charge in [-0.15, -0.1) is 11.3 Å². The van der Waals surface area contributed by atoms with Crippen molar-refractivity contribution in [2.75, 3.05) is 5.75 Å². The van der Waals surface area contributed by atoms with Crippen molar-refractivity contribution >= 4 is 39.3 Å². The van der Waals surface area contributed by atoms with Crippen molar-refractivity contribution in [3.63, 3.8) is 0 Å². The minimum absolute atomic E-state index is 0.113. The van der Waals surface area contributed by atoms with Gasteiger partial charge in [0, 0.05) is 10.9 Å². The van der Waals surface area contributed by atoms with Gasteiger partial charge in [-0.2, -0.15) is 0 Å². The van der Waals surface area contributed by atoms with Gasteiger partial charge in [0.15, 0.2) is 5.16 Å². The van der Waals surface area contributed by atoms with Crippen molar-refractivity contribution in [3.8, 4) is 11.1 Å². The van der Waals surface area contributed by atoms with Crippen LogP contribution in [0.3, 0.4) is 0 Å². The van der Waals surface area contributed by atoms with Crippen molar-refractivity contribution in [2.24, 2.45) is 0 Å². The van der Waals surface area contributed by atoms with Crippen LogP contribution in [-0.2, 0) is 9.53 Å². The Kier molecular flexibility index (Phi) is 6.01. The van der Waals surface area contributed by atoms with Crippen LogP contribution in [0.25, 0.3) is 21.3 Å². The van der Waals surface area contributed by atoms with E-state index in [1.807, 2.05) is 17.5 Å². The largest absolute Gasteiger partial charge is 0.462 e. The first kappa shape index (κ1) is 19.6. The second-order valence-electron chi connectivity index (χ2n) is 6.80. The average molecular weight is 403 g/mol. The first-order valence-electron chi connectivity index (χ1n) is 8.79. The number of hydrogen-bond donors (Lipinski definition) is 1. The van der Waals surface area contributed by atoms with E-state index in [0.29, 0.717) is 21.3 Å². The fraction of sp³-hybridized carbons (Fsp3) is 0.350. The lowest BCUT2D eigenvalue weighted by molar-refractivity contribution is -0.144. The van der Waals surface area contributed by atoms with Gasteiger partial charge in [0.2, 0.25) is 0 Å². The van der Waals surface area contributed by atoms with Crippen LogP contribution in [0.5, 0.6) is 0 Å². The smallest absolute Gasteiger partial charge is 0.316 e. The van der Waals surface area contributed by atoms with Gasteiger partial charge in [-0.25, -0.2) is 4.98 Å². The number of nitrogens with zero attached hydrogens (tertiary/aromatic N) is 1. The van der Waals surface area contributed by atoms with Crippen molar-refractivity contribution in [3.05, 3.63) is 45.6 Å². The van der Waals surface area contributed by atoms with Gasteiger partial charge < -0.3 is 9.72 Å². The molecule has 0 fully saturated rings. The number of esters is 1. The number of carbonyl (C=O) groups excluding carboxylic acids is 1. The molecule has 0 spiro atoms. The van der Waals surface area contributed by atoms with Crippen LogP contribution in [0.2, 0.25) is 0 Å². The Hall–Kier alpha value is -2.12. The van der Waals surface area contributed by atoms with Crippen LogP contribution < -0.4 is 5.56 Å². The molecular weight excluding hydrogens is 380 g/mol. The molecule has 0 saturated carbocycles. The molecule has 7 heteroatoms. The summed E-state index contributed by atoms with van der Waals surface area (Å²) in [6.07, 6.45) is -0.158. The number of hydrogen-bond acceptors (Lipinski definition) is 6. The van der Waals surface area contributed by atoms with E-state index in [4.69, 9.17) is 4.74 Å². The summed E-state index contributed by atoms with van der Waals surface area (Å²) in [6, 6.07) is 8.27. The molecule has 0 amide bonds. The van der Waals surface area contributed by atoms with Gasteiger partial charge >= 0.3 is 5.97 Å². The van der Waals surface area contributed by atoms with E-state index < -0.39 is 0 Å². The lowest BCUT2D eigenvalue weighted by Gasteiger charge is -2.07. The van der Waals surface area contributed by atoms with E-state index in [1.54, 1.807) is 13.8 Å². The molecule has 2 aromatic heterocycles. The quantitative estimate of drug-likeness (QED) is 0.364. The summed E-state index contributed by atoms with van der Waals surface area (Å²) in [6.45, 7) is 7.91. The van der Waals surface area contributed by atoms with E-state index >= 15 is 0 Å². The minimum Gasteiger partial charge on any atom is -0.462 e. The van der Waals surface area contributed by atoms with Crippen LogP contribution in [0.4, 0.5) is 0 Å². The predicted octanol–water partition coefficient (Wildman–Crippen LogP) is 4.82. The molecule has 0 aliphatic heterocycles. The molecule has 0 atom stereocenters. The van der Waals surface area contributed by atoms with Crippen molar-refractivity contribution < 1.29 is 9.53 Å². The number of thiophene rings is 1. The Morgan fingerprint density at radius 3 is 2.56 bits per heavy atom. The number of benzene rings is 1. The molecule has 5 nitrogen and oxygen atoms in total. The van der Waals surface area contributed by atoms with Gasteiger partial charge in [-0.05, 0) is 30.9 Å². The molecule has 1 aromatic carbocycles. The number of rotatable bonds is 6. The first-order valence-corrected chi connectivity index (χ1v) is 10.7. The van der Waals surface area contributed by atoms with Crippen molar-refractivity contribution in [1.29, 1.82) is 0 Å². The van der Waals surface area contributed by atoms with E-state index in [9.17, 15) is 9.59 Å². The van der Waals surface area contributed by atoms with Gasteiger partial charge in [0.05, 0.1) is 17.2 Å². The number of fused-ring (bicyclic) bond motifs is 1. The lowest BCUT2D eigenvalue weighted by Crippen LogP contribution is -2.14. The monoisotopic (exact) mass is 402 g/mol. The molecule has 2 heterocycles. The third-order valence-corrected chi connectivity index (χ3v) is 5.72. The number of ether oxygens (including phenoxy) is 1. The molecule has 0 aliphatic carbocycles. The highest BCUT2D eigenvalue weighted by molar-refractivity contribution is 7.99. The number of thioether (sulfide) groups is 1. The molecule has 0 unspecified atom stereocenters. The number of carbonyl (C=O) groups is 1. The molecule has 0 saturated heterocycles. The normalized spacial score (nSPS) is 11.5. The SMILES string of the molecule is CC(C)OC(=O)CSc1nc2scc(-c3ccc(C(C)C)cc3)c2c(=O)[nH]1. The maximum absolute atomic E-state index is 12.6. The molecular formula is C20H22N2O3S2. The molecule has 142 valence electrons. The first-order chi connectivity index (χ1) is 12.8. The Bertz CT molecular complexity index is 1000. The van der Waals surface area contributed by atoms with E-state index in [1.165, 1.54) is 28.7 Å². The third-order valence-electron chi connectivity index (χ3n) is 4.00. The lowest BCUT2D eigenvalue weighted by atomic mass is 9.99. The van der Waals surface area contributed by atoms with Crippen molar-refractivity contribution in [1.82, 2.24) is 9.97 Å². The molecule has 27 heavy (non-hydrogen) atoms. The Labute approximate surface area is 166 Å². The summed E-state index contributed by atoms with van der Waals surface area (Å²) < 4.78 is 5.10. The van der Waals surface area contributed by atoms with Gasteiger partial charge in [0.1, 0.15) is 4.83 Å². The summed E-state index contributed by atoms with van der Waals surface area (Å²) >= 11 is 2.61. The zero-order valence-electron chi connectivity index (χ0n) is 15.7. The Morgan fingerprint density at radius 2 is 1.93 bits per heavy atom. The van der Waals surface area contributed by atoms with Crippen LogP contribution in [0.1, 0.15) is 39.2 Å². The van der Waals surface area contributed by atoms with Crippen molar-refractivity contribution in [2.45, 2.75) is 44.9 Å². The summed E-state index contributed by atoms with van der Waals surface area (Å²) in [5.74, 6) is 0.252. The highest BCUT2D eigenvalue weighted by Crippen LogP contribution is 2.32. The molecule has 0 aliphatic rings. The van der Waals surface area contributed by atoms with Gasteiger partial charge in [-0.3, -0.25) is 9.59 Å². The van der Waals surface area contributed by atoms with E-state index in [0.717, 1.165) is 11.1 Å². The topological polar surface area (TPSA) is 72.0 Å². The van der Waals surface area contributed by atoms with E-state index in [-0.39, 0.29) is 23.4 Å². The fourth-order valence-electron chi connectivity index (χ4n) is 2.68. The minimum atomic E-state index is -0.324. The zero-order valence-corrected chi connectivity index (χ0v) is 17.4. The second-order valence-corrected chi connectivity index (χ2v) is 8.63. The number of nitrogens with one attached hydrogen (secondary N) is 1.